The van der Waals surface area contributed by atoms with Gasteiger partial charge in [0.15, 0.2) is 0 Å². The Morgan fingerprint density at radius 3 is 2.56 bits per heavy atom. The van der Waals surface area contributed by atoms with Gasteiger partial charge in [-0.2, -0.15) is 0 Å². The van der Waals surface area contributed by atoms with Gasteiger partial charge in [0.2, 0.25) is 0 Å². The second-order valence-corrected chi connectivity index (χ2v) is 5.20. The summed E-state index contributed by atoms with van der Waals surface area (Å²) in [6, 6.07) is 9.72. The lowest BCUT2D eigenvalue weighted by molar-refractivity contribution is 1.26. The van der Waals surface area contributed by atoms with Gasteiger partial charge in [-0.1, -0.05) is 28.1 Å². The summed E-state index contributed by atoms with van der Waals surface area (Å²) in [5, 5.41) is 3.22. The summed E-state index contributed by atoms with van der Waals surface area (Å²) in [5.41, 5.74) is 8.47. The number of nitrogens with one attached hydrogen (secondary N) is 1. The summed E-state index contributed by atoms with van der Waals surface area (Å²) in [6.45, 7) is 1.96. The first-order valence-corrected chi connectivity index (χ1v) is 6.56. The molecule has 1 aromatic heterocycles. The Morgan fingerprint density at radius 2 is 1.94 bits per heavy atom. The van der Waals surface area contributed by atoms with Crippen molar-refractivity contribution in [1.29, 1.82) is 0 Å². The van der Waals surface area contributed by atoms with E-state index in [1.54, 1.807) is 6.20 Å². The molecule has 1 heterocycles. The molecule has 1 aromatic carbocycles. The highest BCUT2D eigenvalue weighted by molar-refractivity contribution is 9.10. The SMILES string of the molecule is Cc1ccnc(Nc2ccc(Br)cc2)c1C(N)=S. The van der Waals surface area contributed by atoms with Crippen LogP contribution >= 0.6 is 28.1 Å². The van der Waals surface area contributed by atoms with E-state index in [-0.39, 0.29) is 0 Å². The number of benzene rings is 1. The van der Waals surface area contributed by atoms with Gasteiger partial charge >= 0.3 is 0 Å². The van der Waals surface area contributed by atoms with Crippen LogP contribution in [-0.4, -0.2) is 9.97 Å². The van der Waals surface area contributed by atoms with Crippen molar-refractivity contribution < 1.29 is 0 Å². The Labute approximate surface area is 120 Å². The van der Waals surface area contributed by atoms with Crippen LogP contribution in [0.1, 0.15) is 11.1 Å². The molecule has 18 heavy (non-hydrogen) atoms. The quantitative estimate of drug-likeness (QED) is 0.849. The molecule has 3 nitrogen and oxygen atoms in total. The van der Waals surface area contributed by atoms with Crippen LogP contribution < -0.4 is 11.1 Å². The number of rotatable bonds is 3. The number of aryl methyl sites for hydroxylation is 1. The molecule has 2 rings (SSSR count). The standard InChI is InChI=1S/C13H12BrN3S/c1-8-6-7-16-13(11(8)12(15)18)17-10-4-2-9(14)3-5-10/h2-7H,1H3,(H2,15,18)(H,16,17). The molecule has 0 atom stereocenters. The Morgan fingerprint density at radius 1 is 1.28 bits per heavy atom. The molecule has 2 aromatic rings. The highest BCUT2D eigenvalue weighted by Crippen LogP contribution is 2.22. The minimum Gasteiger partial charge on any atom is -0.389 e. The van der Waals surface area contributed by atoms with Gasteiger partial charge in [0.1, 0.15) is 10.8 Å². The van der Waals surface area contributed by atoms with E-state index >= 15 is 0 Å². The van der Waals surface area contributed by atoms with Crippen LogP contribution in [0.15, 0.2) is 41.0 Å². The number of hydrogen-bond donors (Lipinski definition) is 2. The fraction of sp³-hybridized carbons (Fsp3) is 0.0769. The molecule has 5 heteroatoms. The van der Waals surface area contributed by atoms with Gasteiger partial charge in [-0.3, -0.25) is 0 Å². The lowest BCUT2D eigenvalue weighted by Crippen LogP contribution is -2.14. The van der Waals surface area contributed by atoms with E-state index in [9.17, 15) is 0 Å². The number of halogens is 1. The fourth-order valence-electron chi connectivity index (χ4n) is 1.63. The molecular weight excluding hydrogens is 310 g/mol. The Balaban J connectivity index is 2.37. The largest absolute Gasteiger partial charge is 0.389 e. The van der Waals surface area contributed by atoms with Crippen LogP contribution in [0.2, 0.25) is 0 Å². The van der Waals surface area contributed by atoms with Gasteiger partial charge in [-0.05, 0) is 42.8 Å². The van der Waals surface area contributed by atoms with Crippen LogP contribution in [0.25, 0.3) is 0 Å². The fourth-order valence-corrected chi connectivity index (χ4v) is 2.16. The molecule has 0 aliphatic heterocycles. The van der Waals surface area contributed by atoms with Crippen molar-refractivity contribution in [3.63, 3.8) is 0 Å². The van der Waals surface area contributed by atoms with E-state index in [1.165, 1.54) is 0 Å². The zero-order valence-corrected chi connectivity index (χ0v) is 12.2. The highest BCUT2D eigenvalue weighted by atomic mass is 79.9. The lowest BCUT2D eigenvalue weighted by atomic mass is 10.1. The Kier molecular flexibility index (Phi) is 3.93. The first kappa shape index (κ1) is 13.0. The molecule has 0 fully saturated rings. The van der Waals surface area contributed by atoms with Crippen molar-refractivity contribution in [2.75, 3.05) is 5.32 Å². The van der Waals surface area contributed by atoms with E-state index in [4.69, 9.17) is 18.0 Å². The van der Waals surface area contributed by atoms with Crippen molar-refractivity contribution in [3.05, 3.63) is 52.1 Å². The van der Waals surface area contributed by atoms with E-state index in [0.717, 1.165) is 21.3 Å². The molecule has 0 aliphatic carbocycles. The van der Waals surface area contributed by atoms with Gasteiger partial charge in [0, 0.05) is 16.4 Å². The van der Waals surface area contributed by atoms with E-state index in [0.29, 0.717) is 10.8 Å². The number of nitrogens with zero attached hydrogens (tertiary/aromatic N) is 1. The number of anilines is 2. The molecule has 0 amide bonds. The molecular formula is C13H12BrN3S. The third-order valence-corrected chi connectivity index (χ3v) is 3.25. The molecule has 0 unspecified atom stereocenters. The van der Waals surface area contributed by atoms with Crippen molar-refractivity contribution >= 4 is 44.6 Å². The summed E-state index contributed by atoms with van der Waals surface area (Å²) in [7, 11) is 0. The summed E-state index contributed by atoms with van der Waals surface area (Å²) in [4.78, 5) is 4.64. The lowest BCUT2D eigenvalue weighted by Gasteiger charge is -2.12. The van der Waals surface area contributed by atoms with Crippen molar-refractivity contribution in [3.8, 4) is 0 Å². The van der Waals surface area contributed by atoms with Crippen molar-refractivity contribution in [1.82, 2.24) is 4.98 Å². The molecule has 3 N–H and O–H groups in total. The topological polar surface area (TPSA) is 50.9 Å². The average molecular weight is 322 g/mol. The maximum absolute atomic E-state index is 5.74. The molecule has 0 radical (unpaired) electrons. The van der Waals surface area contributed by atoms with Crippen molar-refractivity contribution in [2.24, 2.45) is 5.73 Å². The Bertz CT molecular complexity index is 581. The van der Waals surface area contributed by atoms with E-state index < -0.39 is 0 Å². The summed E-state index contributed by atoms with van der Waals surface area (Å²) in [5.74, 6) is 0.685. The van der Waals surface area contributed by atoms with Crippen LogP contribution in [0.5, 0.6) is 0 Å². The Hall–Kier alpha value is -1.46. The van der Waals surface area contributed by atoms with Gasteiger partial charge in [-0.25, -0.2) is 4.98 Å². The number of thiocarbonyl (C=S) groups is 1. The maximum atomic E-state index is 5.74. The number of nitrogens with two attached hydrogens (primary N) is 1. The minimum atomic E-state index is 0.347. The first-order chi connectivity index (χ1) is 8.58. The van der Waals surface area contributed by atoms with Crippen LogP contribution in [-0.2, 0) is 0 Å². The monoisotopic (exact) mass is 321 g/mol. The molecule has 0 aliphatic rings. The van der Waals surface area contributed by atoms with E-state index in [1.807, 2.05) is 37.3 Å². The maximum Gasteiger partial charge on any atom is 0.140 e. The highest BCUT2D eigenvalue weighted by Gasteiger charge is 2.09. The van der Waals surface area contributed by atoms with E-state index in [2.05, 4.69) is 26.2 Å². The molecule has 0 saturated carbocycles. The zero-order chi connectivity index (χ0) is 13.1. The molecule has 0 saturated heterocycles. The zero-order valence-electron chi connectivity index (χ0n) is 9.77. The smallest absolute Gasteiger partial charge is 0.140 e. The number of aromatic nitrogens is 1. The minimum absolute atomic E-state index is 0.347. The second kappa shape index (κ2) is 5.46. The molecule has 0 bridgehead atoms. The summed E-state index contributed by atoms with van der Waals surface area (Å²) >= 11 is 8.46. The molecule has 0 spiro atoms. The van der Waals surface area contributed by atoms with Gasteiger partial charge in [0.25, 0.3) is 0 Å². The molecule has 92 valence electrons. The third-order valence-electron chi connectivity index (χ3n) is 2.51. The average Bonchev–Trinajstić information content (AvgIpc) is 2.32. The summed E-state index contributed by atoms with van der Waals surface area (Å²) < 4.78 is 1.03. The predicted octanol–water partition coefficient (Wildman–Crippen LogP) is 3.53. The van der Waals surface area contributed by atoms with Gasteiger partial charge < -0.3 is 11.1 Å². The number of hydrogen-bond acceptors (Lipinski definition) is 3. The normalized spacial score (nSPS) is 10.1. The van der Waals surface area contributed by atoms with Crippen molar-refractivity contribution in [2.45, 2.75) is 6.92 Å². The first-order valence-electron chi connectivity index (χ1n) is 5.36. The second-order valence-electron chi connectivity index (χ2n) is 3.85. The predicted molar refractivity (Wildman–Crippen MR) is 82.3 cm³/mol. The third kappa shape index (κ3) is 2.86. The summed E-state index contributed by atoms with van der Waals surface area (Å²) in [6.07, 6.45) is 1.73. The number of pyridine rings is 1. The van der Waals surface area contributed by atoms with Crippen LogP contribution in [0.3, 0.4) is 0 Å². The van der Waals surface area contributed by atoms with Crippen LogP contribution in [0, 0.1) is 6.92 Å². The van der Waals surface area contributed by atoms with Crippen LogP contribution in [0.4, 0.5) is 11.5 Å². The van der Waals surface area contributed by atoms with Gasteiger partial charge in [-0.15, -0.1) is 0 Å². The van der Waals surface area contributed by atoms with Gasteiger partial charge in [0.05, 0.1) is 5.56 Å².